The fourth-order valence-corrected chi connectivity index (χ4v) is 3.03. The third kappa shape index (κ3) is 4.16. The molecule has 0 amide bonds. The first-order chi connectivity index (χ1) is 14.0. The van der Waals surface area contributed by atoms with Gasteiger partial charge in [-0.3, -0.25) is 9.59 Å². The number of aldehydes is 1. The lowest BCUT2D eigenvalue weighted by Gasteiger charge is -2.17. The van der Waals surface area contributed by atoms with Crippen molar-refractivity contribution in [1.82, 2.24) is 0 Å². The molecule has 3 aromatic rings. The molecule has 0 aliphatic rings. The number of rotatable bonds is 7. The zero-order valence-electron chi connectivity index (χ0n) is 16.7. The largest absolute Gasteiger partial charge is 0.497 e. The summed E-state index contributed by atoms with van der Waals surface area (Å²) in [5.74, 6) is 0.420. The fourth-order valence-electron chi connectivity index (χ4n) is 3.03. The normalized spacial score (nSPS) is 11.6. The van der Waals surface area contributed by atoms with Crippen molar-refractivity contribution in [2.75, 3.05) is 21.3 Å². The third-order valence-electron chi connectivity index (χ3n) is 4.75. The molecular weight excluding hydrogens is 372 g/mol. The van der Waals surface area contributed by atoms with Crippen molar-refractivity contribution < 1.29 is 28.5 Å². The van der Waals surface area contributed by atoms with Crippen molar-refractivity contribution in [3.8, 4) is 23.0 Å². The summed E-state index contributed by atoms with van der Waals surface area (Å²) >= 11 is 0. The van der Waals surface area contributed by atoms with E-state index in [0.29, 0.717) is 11.8 Å². The van der Waals surface area contributed by atoms with Gasteiger partial charge < -0.3 is 18.9 Å². The molecule has 150 valence electrons. The van der Waals surface area contributed by atoms with Gasteiger partial charge in [0.2, 0.25) is 5.75 Å². The number of methoxy groups -OCH3 is 3. The van der Waals surface area contributed by atoms with Crippen LogP contribution in [0.2, 0.25) is 0 Å². The van der Waals surface area contributed by atoms with Crippen LogP contribution in [0.1, 0.15) is 28.8 Å². The van der Waals surface area contributed by atoms with E-state index in [-0.39, 0.29) is 17.2 Å². The molecule has 0 spiro atoms. The molecule has 0 fully saturated rings. The predicted octanol–water partition coefficient (Wildman–Crippen LogP) is 4.39. The summed E-state index contributed by atoms with van der Waals surface area (Å²) in [7, 11) is 4.49. The summed E-state index contributed by atoms with van der Waals surface area (Å²) in [4.78, 5) is 23.9. The first-order valence-corrected chi connectivity index (χ1v) is 9.01. The summed E-state index contributed by atoms with van der Waals surface area (Å²) in [6.07, 6.45) is 0.670. The number of carbonyl (C=O) groups is 2. The Morgan fingerprint density at radius 2 is 1.48 bits per heavy atom. The van der Waals surface area contributed by atoms with E-state index in [1.54, 1.807) is 14.0 Å². The molecule has 0 radical (unpaired) electrons. The average Bonchev–Trinajstić information content (AvgIpc) is 2.77. The fraction of sp³-hybridized carbons (Fsp3) is 0.217. The highest BCUT2D eigenvalue weighted by Gasteiger charge is 2.23. The van der Waals surface area contributed by atoms with E-state index in [2.05, 4.69) is 0 Å². The molecule has 1 unspecified atom stereocenters. The first kappa shape index (κ1) is 20.2. The second-order valence-electron chi connectivity index (χ2n) is 6.49. The average molecular weight is 394 g/mol. The topological polar surface area (TPSA) is 71.1 Å². The molecule has 3 rings (SSSR count). The Morgan fingerprint density at radius 1 is 0.862 bits per heavy atom. The maximum atomic E-state index is 12.8. The minimum Gasteiger partial charge on any atom is -0.497 e. The van der Waals surface area contributed by atoms with Crippen LogP contribution in [-0.2, 0) is 4.79 Å². The highest BCUT2D eigenvalue weighted by atomic mass is 16.6. The Bertz CT molecular complexity index is 1030. The van der Waals surface area contributed by atoms with Crippen LogP contribution in [-0.4, -0.2) is 33.6 Å². The maximum Gasteiger partial charge on any atom is 0.318 e. The molecule has 3 aromatic carbocycles. The van der Waals surface area contributed by atoms with Crippen molar-refractivity contribution in [1.29, 1.82) is 0 Å². The van der Waals surface area contributed by atoms with Crippen LogP contribution < -0.4 is 18.9 Å². The monoisotopic (exact) mass is 394 g/mol. The molecule has 0 bridgehead atoms. The van der Waals surface area contributed by atoms with Crippen LogP contribution in [0.15, 0.2) is 48.5 Å². The van der Waals surface area contributed by atoms with E-state index in [1.807, 2.05) is 36.4 Å². The zero-order chi connectivity index (χ0) is 21.0. The van der Waals surface area contributed by atoms with E-state index >= 15 is 0 Å². The highest BCUT2D eigenvalue weighted by Crippen LogP contribution is 2.39. The Balaban J connectivity index is 1.89. The van der Waals surface area contributed by atoms with Gasteiger partial charge in [0.15, 0.2) is 11.5 Å². The van der Waals surface area contributed by atoms with Crippen molar-refractivity contribution in [3.63, 3.8) is 0 Å². The van der Waals surface area contributed by atoms with Gasteiger partial charge in [0.1, 0.15) is 12.0 Å². The summed E-state index contributed by atoms with van der Waals surface area (Å²) in [5.41, 5.74) is 1.17. The smallest absolute Gasteiger partial charge is 0.318 e. The molecule has 1 atom stereocenters. The van der Waals surface area contributed by atoms with E-state index in [0.717, 1.165) is 22.1 Å². The van der Waals surface area contributed by atoms with Crippen LogP contribution in [0.4, 0.5) is 0 Å². The molecule has 6 nitrogen and oxygen atoms in total. The predicted molar refractivity (Wildman–Crippen MR) is 109 cm³/mol. The second kappa shape index (κ2) is 8.65. The molecular formula is C23H22O6. The van der Waals surface area contributed by atoms with Crippen molar-refractivity contribution in [3.05, 3.63) is 59.7 Å². The quantitative estimate of drug-likeness (QED) is 0.336. The molecule has 0 aliphatic carbocycles. The van der Waals surface area contributed by atoms with Gasteiger partial charge in [-0.1, -0.05) is 24.3 Å². The maximum absolute atomic E-state index is 12.8. The standard InChI is InChI=1S/C23H22O6/c1-14(16-5-6-18-12-19(26-2)8-7-17(18)11-16)23(25)29-22-20(27-3)9-15(13-24)10-21(22)28-4/h5-14H,1-4H3. The molecule has 0 heterocycles. The molecule has 0 aliphatic heterocycles. The van der Waals surface area contributed by atoms with Gasteiger partial charge in [0.05, 0.1) is 27.2 Å². The number of esters is 1. The summed E-state index contributed by atoms with van der Waals surface area (Å²) < 4.78 is 21.4. The Labute approximate surface area is 169 Å². The lowest BCUT2D eigenvalue weighted by Crippen LogP contribution is -2.17. The summed E-state index contributed by atoms with van der Waals surface area (Å²) in [6.45, 7) is 1.77. The number of ether oxygens (including phenoxy) is 4. The van der Waals surface area contributed by atoms with E-state index in [1.165, 1.54) is 26.4 Å². The summed E-state index contributed by atoms with van der Waals surface area (Å²) in [5, 5.41) is 2.01. The number of hydrogen-bond donors (Lipinski definition) is 0. The van der Waals surface area contributed by atoms with Gasteiger partial charge in [-0.2, -0.15) is 0 Å². The Morgan fingerprint density at radius 3 is 2.07 bits per heavy atom. The number of benzene rings is 3. The van der Waals surface area contributed by atoms with Crippen molar-refractivity contribution in [2.45, 2.75) is 12.8 Å². The molecule has 0 saturated carbocycles. The molecule has 6 heteroatoms. The van der Waals surface area contributed by atoms with Crippen LogP contribution in [0.3, 0.4) is 0 Å². The Hall–Kier alpha value is -3.54. The zero-order valence-corrected chi connectivity index (χ0v) is 16.7. The number of carbonyl (C=O) groups excluding carboxylic acids is 2. The number of hydrogen-bond acceptors (Lipinski definition) is 6. The lowest BCUT2D eigenvalue weighted by atomic mass is 9.98. The first-order valence-electron chi connectivity index (χ1n) is 9.01. The van der Waals surface area contributed by atoms with Crippen LogP contribution in [0.5, 0.6) is 23.0 Å². The molecule has 0 saturated heterocycles. The van der Waals surface area contributed by atoms with Gasteiger partial charge in [0, 0.05) is 5.56 Å². The third-order valence-corrected chi connectivity index (χ3v) is 4.75. The van der Waals surface area contributed by atoms with Gasteiger partial charge in [0.25, 0.3) is 0 Å². The van der Waals surface area contributed by atoms with Gasteiger partial charge in [-0.15, -0.1) is 0 Å². The van der Waals surface area contributed by atoms with Gasteiger partial charge in [-0.05, 0) is 47.5 Å². The lowest BCUT2D eigenvalue weighted by molar-refractivity contribution is -0.135. The Kier molecular flexibility index (Phi) is 6.02. The SMILES string of the molecule is COc1ccc2cc(C(C)C(=O)Oc3c(OC)cc(C=O)cc3OC)ccc2c1. The van der Waals surface area contributed by atoms with Crippen LogP contribution >= 0.6 is 0 Å². The molecule has 29 heavy (non-hydrogen) atoms. The van der Waals surface area contributed by atoms with Crippen LogP contribution in [0.25, 0.3) is 10.8 Å². The second-order valence-corrected chi connectivity index (χ2v) is 6.49. The number of fused-ring (bicyclic) bond motifs is 1. The van der Waals surface area contributed by atoms with E-state index in [9.17, 15) is 9.59 Å². The van der Waals surface area contributed by atoms with Crippen molar-refractivity contribution >= 4 is 23.0 Å². The minimum atomic E-state index is -0.526. The molecule has 0 aromatic heterocycles. The van der Waals surface area contributed by atoms with Crippen molar-refractivity contribution in [2.24, 2.45) is 0 Å². The van der Waals surface area contributed by atoms with E-state index < -0.39 is 11.9 Å². The van der Waals surface area contributed by atoms with Gasteiger partial charge >= 0.3 is 5.97 Å². The van der Waals surface area contributed by atoms with Gasteiger partial charge in [-0.25, -0.2) is 0 Å². The minimum absolute atomic E-state index is 0.142. The summed E-state index contributed by atoms with van der Waals surface area (Å²) in [6, 6.07) is 14.5. The highest BCUT2D eigenvalue weighted by molar-refractivity contribution is 5.88. The molecule has 0 N–H and O–H groups in total. The van der Waals surface area contributed by atoms with Crippen LogP contribution in [0, 0.1) is 0 Å². The van der Waals surface area contributed by atoms with E-state index in [4.69, 9.17) is 18.9 Å².